The number of esters is 2. The molecule has 45 heavy (non-hydrogen) atoms. The van der Waals surface area contributed by atoms with E-state index in [4.69, 9.17) is 32.7 Å². The Bertz CT molecular complexity index is 1650. The number of halogens is 4. The minimum atomic E-state index is -4.20. The number of nitrogens with zero attached hydrogens (tertiary/aromatic N) is 2. The Kier molecular flexibility index (Phi) is 10.8. The molecule has 2 atom stereocenters. The Balaban J connectivity index is 1.45. The zero-order chi connectivity index (χ0) is 32.3. The van der Waals surface area contributed by atoms with Crippen LogP contribution in [0.15, 0.2) is 46.9 Å². The minimum Gasteiger partial charge on any atom is -0.489 e. The van der Waals surface area contributed by atoms with Gasteiger partial charge in [0.15, 0.2) is 16.9 Å². The third kappa shape index (κ3) is 8.00. The van der Waals surface area contributed by atoms with Crippen molar-refractivity contribution in [2.24, 2.45) is 5.92 Å². The zero-order valence-corrected chi connectivity index (χ0v) is 27.5. The fraction of sp³-hybridized carbons (Fsp3) is 0.393. The van der Waals surface area contributed by atoms with E-state index < -0.39 is 40.1 Å². The van der Waals surface area contributed by atoms with Gasteiger partial charge in [0.2, 0.25) is 0 Å². The van der Waals surface area contributed by atoms with Gasteiger partial charge < -0.3 is 18.9 Å². The summed E-state index contributed by atoms with van der Waals surface area (Å²) in [5.41, 5.74) is 0.745. The Hall–Kier alpha value is -2.69. The molecular formula is C28H26Cl2F2N2O8S3. The highest BCUT2D eigenvalue weighted by atomic mass is 35.5. The zero-order valence-electron chi connectivity index (χ0n) is 23.5. The highest BCUT2D eigenvalue weighted by Crippen LogP contribution is 2.40. The quantitative estimate of drug-likeness (QED) is 0.188. The van der Waals surface area contributed by atoms with Crippen molar-refractivity contribution in [2.75, 3.05) is 26.0 Å². The van der Waals surface area contributed by atoms with Crippen LogP contribution in [0.25, 0.3) is 0 Å². The topological polar surface area (TPSA) is 121 Å². The first-order valence-corrected chi connectivity index (χ1v) is 17.6. The van der Waals surface area contributed by atoms with E-state index in [-0.39, 0.29) is 43.6 Å². The van der Waals surface area contributed by atoms with Crippen LogP contribution in [-0.4, -0.2) is 67.6 Å². The van der Waals surface area contributed by atoms with Crippen molar-refractivity contribution in [1.82, 2.24) is 9.29 Å². The third-order valence-corrected chi connectivity index (χ3v) is 12.3. The first-order chi connectivity index (χ1) is 21.5. The van der Waals surface area contributed by atoms with Gasteiger partial charge in [0.1, 0.15) is 15.2 Å². The molecule has 17 heteroatoms. The number of pyridine rings is 1. The lowest BCUT2D eigenvalue weighted by atomic mass is 10.0. The molecular weight excluding hydrogens is 697 g/mol. The van der Waals surface area contributed by atoms with Crippen LogP contribution in [0.2, 0.25) is 10.0 Å². The SMILES string of the molecule is COC(=O)c1ccc(S(=O)(=O)N2CCSC2C(=O)O[C@@H](Cc2c(Cl)cncc2Cl)c2ccc(OC(F)F)c(OCC3CC3)c2)s1. The second kappa shape index (κ2) is 14.4. The van der Waals surface area contributed by atoms with Gasteiger partial charge in [0.25, 0.3) is 10.0 Å². The molecule has 1 saturated heterocycles. The summed E-state index contributed by atoms with van der Waals surface area (Å²) >= 11 is 14.6. The van der Waals surface area contributed by atoms with Crippen molar-refractivity contribution in [3.05, 3.63) is 68.8 Å². The third-order valence-electron chi connectivity index (χ3n) is 6.91. The van der Waals surface area contributed by atoms with E-state index in [1.54, 1.807) is 0 Å². The number of alkyl halides is 2. The van der Waals surface area contributed by atoms with Gasteiger partial charge in [-0.1, -0.05) is 29.3 Å². The molecule has 5 rings (SSSR count). The Morgan fingerprint density at radius 1 is 1.11 bits per heavy atom. The standard InChI is InChI=1S/C28H26Cl2F2N2O8S3/c1-39-26(35)23-6-7-24(44-23)45(37,38)34-8-9-43-25(34)27(36)41-21(11-17-18(29)12-33-13-19(17)30)16-4-5-20(42-28(31)32)22(10-16)40-14-15-2-3-15/h4-7,10,12-13,15,21,25,28H,2-3,8-9,11,14H2,1H3/t21-,25?/m0/s1. The summed E-state index contributed by atoms with van der Waals surface area (Å²) in [7, 11) is -3.01. The molecule has 2 aliphatic rings. The predicted molar refractivity (Wildman–Crippen MR) is 164 cm³/mol. The van der Waals surface area contributed by atoms with Crippen molar-refractivity contribution >= 4 is 68.3 Å². The van der Waals surface area contributed by atoms with Crippen LogP contribution in [0.1, 0.15) is 39.7 Å². The number of methoxy groups -OCH3 is 1. The number of aromatic nitrogens is 1. The van der Waals surface area contributed by atoms with E-state index in [9.17, 15) is 26.8 Å². The van der Waals surface area contributed by atoms with Crippen molar-refractivity contribution in [2.45, 2.75) is 41.6 Å². The molecule has 0 amide bonds. The first kappa shape index (κ1) is 33.7. The molecule has 1 aliphatic carbocycles. The highest BCUT2D eigenvalue weighted by Gasteiger charge is 2.43. The summed E-state index contributed by atoms with van der Waals surface area (Å²) in [4.78, 5) is 29.6. The Morgan fingerprint density at radius 3 is 2.51 bits per heavy atom. The van der Waals surface area contributed by atoms with E-state index in [2.05, 4.69) is 14.5 Å². The maximum absolute atomic E-state index is 13.7. The molecule has 1 aliphatic heterocycles. The van der Waals surface area contributed by atoms with Gasteiger partial charge in [-0.25, -0.2) is 18.0 Å². The molecule has 1 saturated carbocycles. The lowest BCUT2D eigenvalue weighted by Crippen LogP contribution is -2.40. The van der Waals surface area contributed by atoms with Gasteiger partial charge in [-0.2, -0.15) is 13.1 Å². The molecule has 2 aromatic heterocycles. The van der Waals surface area contributed by atoms with Gasteiger partial charge in [-0.15, -0.1) is 23.1 Å². The Morgan fingerprint density at radius 2 is 1.84 bits per heavy atom. The lowest BCUT2D eigenvalue weighted by molar-refractivity contribution is -0.150. The van der Waals surface area contributed by atoms with Gasteiger partial charge in [0, 0.05) is 31.1 Å². The molecule has 1 aromatic carbocycles. The average Bonchev–Trinajstić information content (AvgIpc) is 3.45. The number of thioether (sulfide) groups is 1. The van der Waals surface area contributed by atoms with Gasteiger partial charge >= 0.3 is 18.6 Å². The largest absolute Gasteiger partial charge is 0.489 e. The fourth-order valence-electron chi connectivity index (χ4n) is 4.44. The van der Waals surface area contributed by atoms with Crippen LogP contribution >= 0.6 is 46.3 Å². The lowest BCUT2D eigenvalue weighted by Gasteiger charge is -2.25. The monoisotopic (exact) mass is 722 g/mol. The highest BCUT2D eigenvalue weighted by molar-refractivity contribution is 8.02. The van der Waals surface area contributed by atoms with Gasteiger partial charge in [-0.3, -0.25) is 4.98 Å². The van der Waals surface area contributed by atoms with Crippen LogP contribution in [0.4, 0.5) is 8.78 Å². The minimum absolute atomic E-state index is 0.0176. The second-order valence-corrected chi connectivity index (χ2v) is 15.2. The summed E-state index contributed by atoms with van der Waals surface area (Å²) in [6.07, 6.45) is 3.50. The molecule has 1 unspecified atom stereocenters. The smallest absolute Gasteiger partial charge is 0.387 e. The first-order valence-electron chi connectivity index (χ1n) is 13.5. The number of carbonyl (C=O) groups is 2. The van der Waals surface area contributed by atoms with E-state index >= 15 is 0 Å². The Labute approximate surface area is 275 Å². The van der Waals surface area contributed by atoms with Crippen molar-refractivity contribution in [1.29, 1.82) is 0 Å². The molecule has 0 bridgehead atoms. The van der Waals surface area contributed by atoms with Crippen molar-refractivity contribution < 1.29 is 45.7 Å². The number of thiophene rings is 1. The van der Waals surface area contributed by atoms with Crippen LogP contribution in [-0.2, 0) is 30.7 Å². The number of sulfonamides is 1. The number of hydrogen-bond acceptors (Lipinski definition) is 11. The summed E-state index contributed by atoms with van der Waals surface area (Å²) in [6, 6.07) is 6.79. The number of benzene rings is 1. The number of carbonyl (C=O) groups excluding carboxylic acids is 2. The van der Waals surface area contributed by atoms with Gasteiger partial charge in [-0.05, 0) is 54.2 Å². The fourth-order valence-corrected chi connectivity index (χ4v) is 9.36. The predicted octanol–water partition coefficient (Wildman–Crippen LogP) is 6.22. The second-order valence-electron chi connectivity index (χ2n) is 10.00. The summed E-state index contributed by atoms with van der Waals surface area (Å²) in [6.45, 7) is -2.79. The molecule has 242 valence electrons. The molecule has 0 radical (unpaired) electrons. The molecule has 0 spiro atoms. The summed E-state index contributed by atoms with van der Waals surface area (Å²) < 4.78 is 75.3. The normalized spacial score (nSPS) is 17.7. The number of rotatable bonds is 13. The summed E-state index contributed by atoms with van der Waals surface area (Å²) in [5, 5.41) is -0.855. The molecule has 3 aromatic rings. The maximum atomic E-state index is 13.7. The molecule has 0 N–H and O–H groups in total. The van der Waals surface area contributed by atoms with E-state index in [0.717, 1.165) is 40.2 Å². The van der Waals surface area contributed by atoms with E-state index in [1.807, 2.05) is 0 Å². The molecule has 2 fully saturated rings. The van der Waals surface area contributed by atoms with Crippen molar-refractivity contribution in [3.8, 4) is 11.5 Å². The van der Waals surface area contributed by atoms with Crippen LogP contribution in [0.3, 0.4) is 0 Å². The van der Waals surface area contributed by atoms with Crippen molar-refractivity contribution in [3.63, 3.8) is 0 Å². The van der Waals surface area contributed by atoms with Crippen LogP contribution in [0, 0.1) is 5.92 Å². The molecule has 3 heterocycles. The average molecular weight is 724 g/mol. The molecule has 10 nitrogen and oxygen atoms in total. The number of ether oxygens (including phenoxy) is 4. The maximum Gasteiger partial charge on any atom is 0.387 e. The van der Waals surface area contributed by atoms with Crippen LogP contribution in [0.5, 0.6) is 11.5 Å². The van der Waals surface area contributed by atoms with E-state index in [1.165, 1.54) is 49.8 Å². The summed E-state index contributed by atoms with van der Waals surface area (Å²) in [5.74, 6) is -1.10. The van der Waals surface area contributed by atoms with Crippen LogP contribution < -0.4 is 9.47 Å². The number of hydrogen-bond donors (Lipinski definition) is 0. The van der Waals surface area contributed by atoms with E-state index in [0.29, 0.717) is 29.4 Å². The van der Waals surface area contributed by atoms with Gasteiger partial charge in [0.05, 0.1) is 23.8 Å².